The van der Waals surface area contributed by atoms with Crippen LogP contribution in [0.25, 0.3) is 11.3 Å². The van der Waals surface area contributed by atoms with E-state index in [9.17, 15) is 9.18 Å². The maximum Gasteiger partial charge on any atom is 0.153 e. The fraction of sp³-hybridized carbons (Fsp3) is 0.286. The summed E-state index contributed by atoms with van der Waals surface area (Å²) in [5.74, 6) is -0.596. The number of hydrogen-bond donors (Lipinski definition) is 0. The summed E-state index contributed by atoms with van der Waals surface area (Å²) < 4.78 is 15.3. The minimum Gasteiger partial charge on any atom is -0.298 e. The number of aldehydes is 1. The van der Waals surface area contributed by atoms with E-state index < -0.39 is 5.82 Å². The van der Waals surface area contributed by atoms with Crippen molar-refractivity contribution < 1.29 is 9.18 Å². The third-order valence-corrected chi connectivity index (χ3v) is 3.80. The molecule has 0 aliphatic carbocycles. The Balaban J connectivity index is 2.60. The Morgan fingerprint density at radius 1 is 1.40 bits per heavy atom. The summed E-state index contributed by atoms with van der Waals surface area (Å²) in [6, 6.07) is 2.64. The molecule has 2 rings (SSSR count). The van der Waals surface area contributed by atoms with E-state index in [4.69, 9.17) is 23.2 Å². The van der Waals surface area contributed by atoms with Gasteiger partial charge in [0.1, 0.15) is 11.5 Å². The molecule has 2 aromatic rings. The van der Waals surface area contributed by atoms with Gasteiger partial charge in [0.25, 0.3) is 0 Å². The van der Waals surface area contributed by atoms with Crippen LogP contribution in [0.5, 0.6) is 0 Å². The van der Waals surface area contributed by atoms with Crippen molar-refractivity contribution in [2.75, 3.05) is 0 Å². The lowest BCUT2D eigenvalue weighted by molar-refractivity contribution is 0.112. The minimum absolute atomic E-state index is 0.0623. The summed E-state index contributed by atoms with van der Waals surface area (Å²) in [5.41, 5.74) is 1.09. The fourth-order valence-electron chi connectivity index (χ4n) is 1.82. The van der Waals surface area contributed by atoms with Crippen LogP contribution < -0.4 is 0 Å². The van der Waals surface area contributed by atoms with Gasteiger partial charge in [0.2, 0.25) is 0 Å². The maximum absolute atomic E-state index is 13.6. The van der Waals surface area contributed by atoms with Gasteiger partial charge in [-0.25, -0.2) is 4.39 Å². The number of nitrogens with zero attached hydrogens (tertiary/aromatic N) is 2. The lowest BCUT2D eigenvalue weighted by Crippen LogP contribution is -2.04. The molecule has 1 aromatic carbocycles. The van der Waals surface area contributed by atoms with Crippen LogP contribution in [0, 0.1) is 5.82 Å². The van der Waals surface area contributed by atoms with Gasteiger partial charge >= 0.3 is 0 Å². The first-order valence-electron chi connectivity index (χ1n) is 6.17. The Bertz CT molecular complexity index is 655. The summed E-state index contributed by atoms with van der Waals surface area (Å²) in [6.07, 6.45) is 3.19. The molecule has 0 radical (unpaired) electrons. The average molecular weight is 315 g/mol. The normalized spacial score (nSPS) is 12.4. The molecule has 0 fully saturated rings. The zero-order valence-electron chi connectivity index (χ0n) is 11.0. The number of benzene rings is 1. The molecule has 0 spiro atoms. The van der Waals surface area contributed by atoms with Crippen molar-refractivity contribution in [1.29, 1.82) is 0 Å². The molecule has 20 heavy (non-hydrogen) atoms. The summed E-state index contributed by atoms with van der Waals surface area (Å²) in [7, 11) is 0. The van der Waals surface area contributed by atoms with Crippen molar-refractivity contribution in [3.05, 3.63) is 39.8 Å². The van der Waals surface area contributed by atoms with Crippen LogP contribution in [0.2, 0.25) is 10.0 Å². The van der Waals surface area contributed by atoms with Crippen molar-refractivity contribution >= 4 is 29.5 Å². The molecule has 1 unspecified atom stereocenters. The molecule has 0 aliphatic rings. The summed E-state index contributed by atoms with van der Waals surface area (Å²) >= 11 is 11.7. The number of carbonyl (C=O) groups excluding carboxylic acids is 1. The van der Waals surface area contributed by atoms with Crippen LogP contribution in [0.3, 0.4) is 0 Å². The minimum atomic E-state index is -0.596. The van der Waals surface area contributed by atoms with E-state index in [0.717, 1.165) is 6.42 Å². The van der Waals surface area contributed by atoms with Gasteiger partial charge in [-0.2, -0.15) is 5.10 Å². The number of aromatic nitrogens is 2. The second-order valence-electron chi connectivity index (χ2n) is 4.53. The number of hydrogen-bond acceptors (Lipinski definition) is 2. The fourth-order valence-corrected chi connectivity index (χ4v) is 2.29. The van der Waals surface area contributed by atoms with E-state index in [1.165, 1.54) is 12.1 Å². The molecule has 0 N–H and O–H groups in total. The quantitative estimate of drug-likeness (QED) is 0.601. The van der Waals surface area contributed by atoms with E-state index in [1.54, 1.807) is 10.9 Å². The number of carbonyl (C=O) groups is 1. The van der Waals surface area contributed by atoms with Crippen LogP contribution in [0.15, 0.2) is 18.3 Å². The molecule has 0 amide bonds. The molecule has 0 saturated carbocycles. The van der Waals surface area contributed by atoms with Gasteiger partial charge in [-0.3, -0.25) is 9.48 Å². The highest BCUT2D eigenvalue weighted by molar-refractivity contribution is 6.36. The molecule has 6 heteroatoms. The molecule has 106 valence electrons. The predicted molar refractivity (Wildman–Crippen MR) is 78.0 cm³/mol. The Hall–Kier alpha value is -1.39. The summed E-state index contributed by atoms with van der Waals surface area (Å²) in [6.45, 7) is 4.00. The zero-order chi connectivity index (χ0) is 14.9. The van der Waals surface area contributed by atoms with E-state index >= 15 is 0 Å². The van der Waals surface area contributed by atoms with Gasteiger partial charge in [-0.05, 0) is 25.5 Å². The van der Waals surface area contributed by atoms with Gasteiger partial charge in [0, 0.05) is 17.8 Å². The van der Waals surface area contributed by atoms with Gasteiger partial charge in [-0.1, -0.05) is 30.1 Å². The highest BCUT2D eigenvalue weighted by Crippen LogP contribution is 2.33. The van der Waals surface area contributed by atoms with Crippen molar-refractivity contribution in [2.24, 2.45) is 0 Å². The van der Waals surface area contributed by atoms with Crippen molar-refractivity contribution in [2.45, 2.75) is 26.3 Å². The Kier molecular flexibility index (Phi) is 4.45. The Morgan fingerprint density at radius 3 is 2.70 bits per heavy atom. The molecule has 1 atom stereocenters. The maximum atomic E-state index is 13.6. The molecule has 0 bridgehead atoms. The van der Waals surface area contributed by atoms with E-state index in [2.05, 4.69) is 5.10 Å². The first kappa shape index (κ1) is 15.0. The lowest BCUT2D eigenvalue weighted by Gasteiger charge is -2.08. The van der Waals surface area contributed by atoms with E-state index in [1.807, 2.05) is 13.8 Å². The molecular formula is C14H13Cl2FN2O. The third kappa shape index (κ3) is 2.72. The monoisotopic (exact) mass is 314 g/mol. The number of halogens is 3. The van der Waals surface area contributed by atoms with Crippen molar-refractivity contribution in [1.82, 2.24) is 9.78 Å². The van der Waals surface area contributed by atoms with Crippen LogP contribution in [-0.2, 0) is 0 Å². The van der Waals surface area contributed by atoms with Gasteiger partial charge in [0.15, 0.2) is 6.29 Å². The standard InChI is InChI=1S/C14H13Cl2FN2O/c1-3-8(2)19-6-9(7-20)14(18-19)10-4-13(17)12(16)5-11(10)15/h4-8H,3H2,1-2H3. The summed E-state index contributed by atoms with van der Waals surface area (Å²) in [4.78, 5) is 11.2. The van der Waals surface area contributed by atoms with Crippen molar-refractivity contribution in [3.63, 3.8) is 0 Å². The second-order valence-corrected chi connectivity index (χ2v) is 5.35. The predicted octanol–water partition coefficient (Wildman–Crippen LogP) is 4.78. The molecule has 0 saturated heterocycles. The molecule has 1 aromatic heterocycles. The van der Waals surface area contributed by atoms with Crippen molar-refractivity contribution in [3.8, 4) is 11.3 Å². The molecule has 0 aliphatic heterocycles. The molecular weight excluding hydrogens is 302 g/mol. The third-order valence-electron chi connectivity index (χ3n) is 3.19. The smallest absolute Gasteiger partial charge is 0.153 e. The topological polar surface area (TPSA) is 34.9 Å². The van der Waals surface area contributed by atoms with Crippen LogP contribution in [0.1, 0.15) is 36.7 Å². The highest BCUT2D eigenvalue weighted by Gasteiger charge is 2.17. The molecule has 3 nitrogen and oxygen atoms in total. The first-order chi connectivity index (χ1) is 9.47. The zero-order valence-corrected chi connectivity index (χ0v) is 12.5. The van der Waals surface area contributed by atoms with Crippen LogP contribution in [0.4, 0.5) is 4.39 Å². The average Bonchev–Trinajstić information content (AvgIpc) is 2.86. The van der Waals surface area contributed by atoms with Gasteiger partial charge < -0.3 is 0 Å². The first-order valence-corrected chi connectivity index (χ1v) is 6.92. The van der Waals surface area contributed by atoms with Gasteiger partial charge in [0.05, 0.1) is 15.6 Å². The SMILES string of the molecule is CCC(C)n1cc(C=O)c(-c2cc(F)c(Cl)cc2Cl)n1. The van der Waals surface area contributed by atoms with Crippen LogP contribution >= 0.6 is 23.2 Å². The summed E-state index contributed by atoms with van der Waals surface area (Å²) in [5, 5.41) is 4.54. The lowest BCUT2D eigenvalue weighted by atomic mass is 10.1. The van der Waals surface area contributed by atoms with E-state index in [-0.39, 0.29) is 16.1 Å². The second kappa shape index (κ2) is 5.94. The molecule has 1 heterocycles. The number of rotatable bonds is 4. The Labute approximate surface area is 126 Å². The van der Waals surface area contributed by atoms with Crippen LogP contribution in [-0.4, -0.2) is 16.1 Å². The van der Waals surface area contributed by atoms with E-state index in [0.29, 0.717) is 23.1 Å². The Morgan fingerprint density at radius 2 is 2.10 bits per heavy atom. The highest BCUT2D eigenvalue weighted by atomic mass is 35.5. The largest absolute Gasteiger partial charge is 0.298 e. The van der Waals surface area contributed by atoms with Gasteiger partial charge in [-0.15, -0.1) is 0 Å².